The van der Waals surface area contributed by atoms with Gasteiger partial charge in [0.25, 0.3) is 5.91 Å². The summed E-state index contributed by atoms with van der Waals surface area (Å²) in [4.78, 5) is 14.7. The number of likely N-dealkylation sites (tertiary alicyclic amines) is 1. The zero-order valence-electron chi connectivity index (χ0n) is 12.8. The Morgan fingerprint density at radius 1 is 1.20 bits per heavy atom. The summed E-state index contributed by atoms with van der Waals surface area (Å²) in [6, 6.07) is 8.21. The average molecular weight is 275 g/mol. The van der Waals surface area contributed by atoms with E-state index in [-0.39, 0.29) is 5.91 Å². The molecule has 1 amide bonds. The Kier molecular flexibility index (Phi) is 5.05. The number of nitrogens with zero attached hydrogens (tertiary/aromatic N) is 1. The van der Waals surface area contributed by atoms with Gasteiger partial charge in [0.1, 0.15) is 5.75 Å². The lowest BCUT2D eigenvalue weighted by molar-refractivity contribution is 0.0511. The van der Waals surface area contributed by atoms with E-state index in [4.69, 9.17) is 4.74 Å². The van der Waals surface area contributed by atoms with Crippen molar-refractivity contribution in [3.63, 3.8) is 0 Å². The van der Waals surface area contributed by atoms with Gasteiger partial charge in [-0.3, -0.25) is 4.79 Å². The highest BCUT2D eigenvalue weighted by Crippen LogP contribution is 2.25. The lowest BCUT2D eigenvalue weighted by atomic mass is 9.96. The second-order valence-corrected chi connectivity index (χ2v) is 5.71. The lowest BCUT2D eigenvalue weighted by Gasteiger charge is -2.39. The van der Waals surface area contributed by atoms with Crippen molar-refractivity contribution in [1.82, 2.24) is 4.90 Å². The number of benzene rings is 1. The van der Waals surface area contributed by atoms with E-state index in [0.29, 0.717) is 18.7 Å². The van der Waals surface area contributed by atoms with Crippen molar-refractivity contribution in [2.45, 2.75) is 58.5 Å². The molecule has 3 nitrogen and oxygen atoms in total. The summed E-state index contributed by atoms with van der Waals surface area (Å²) < 4.78 is 5.55. The number of carbonyl (C=O) groups is 1. The maximum absolute atomic E-state index is 12.6. The number of hydrogen-bond donors (Lipinski definition) is 0. The summed E-state index contributed by atoms with van der Waals surface area (Å²) in [5.74, 6) is 0.981. The van der Waals surface area contributed by atoms with E-state index in [2.05, 4.69) is 20.8 Å². The minimum atomic E-state index is 0.145. The van der Waals surface area contributed by atoms with Gasteiger partial charge in [0.2, 0.25) is 0 Å². The van der Waals surface area contributed by atoms with E-state index in [9.17, 15) is 4.79 Å². The first kappa shape index (κ1) is 14.9. The maximum Gasteiger partial charge on any atom is 0.254 e. The van der Waals surface area contributed by atoms with E-state index >= 15 is 0 Å². The van der Waals surface area contributed by atoms with Crippen LogP contribution in [0.5, 0.6) is 5.75 Å². The predicted octanol–water partition coefficient (Wildman–Crippen LogP) is 3.88. The molecule has 1 fully saturated rings. The Hall–Kier alpha value is -1.51. The lowest BCUT2D eigenvalue weighted by Crippen LogP contribution is -2.47. The van der Waals surface area contributed by atoms with Crippen molar-refractivity contribution >= 4 is 5.91 Å². The van der Waals surface area contributed by atoms with Crippen LogP contribution in [0.3, 0.4) is 0 Å². The van der Waals surface area contributed by atoms with Gasteiger partial charge in [0.05, 0.1) is 6.61 Å². The highest BCUT2D eigenvalue weighted by Gasteiger charge is 2.29. The van der Waals surface area contributed by atoms with Gasteiger partial charge in [-0.2, -0.15) is 0 Å². The summed E-state index contributed by atoms with van der Waals surface area (Å²) in [6.07, 6.45) is 4.42. The summed E-state index contributed by atoms with van der Waals surface area (Å²) in [6.45, 7) is 7.09. The summed E-state index contributed by atoms with van der Waals surface area (Å²) >= 11 is 0. The van der Waals surface area contributed by atoms with Crippen LogP contribution in [0, 0.1) is 0 Å². The van der Waals surface area contributed by atoms with Crippen LogP contribution < -0.4 is 4.74 Å². The maximum atomic E-state index is 12.6. The fourth-order valence-corrected chi connectivity index (χ4v) is 2.88. The summed E-state index contributed by atoms with van der Waals surface area (Å²) in [7, 11) is 0. The molecule has 1 heterocycles. The standard InChI is InChI=1S/C17H25NO2/c1-4-12-20-16-10-8-15(9-11-16)17(19)18-13(2)6-5-7-14(18)3/h8-11,13-14H,4-7,12H2,1-3H3/t13-,14-/m1/s1. The number of rotatable bonds is 4. The van der Waals surface area contributed by atoms with Gasteiger partial charge >= 0.3 is 0 Å². The zero-order valence-corrected chi connectivity index (χ0v) is 12.8. The molecule has 0 radical (unpaired) electrons. The smallest absolute Gasteiger partial charge is 0.254 e. The third-order valence-corrected chi connectivity index (χ3v) is 4.00. The molecule has 0 unspecified atom stereocenters. The first-order chi connectivity index (χ1) is 9.63. The van der Waals surface area contributed by atoms with Crippen LogP contribution >= 0.6 is 0 Å². The minimum Gasteiger partial charge on any atom is -0.494 e. The van der Waals surface area contributed by atoms with Gasteiger partial charge in [-0.15, -0.1) is 0 Å². The highest BCUT2D eigenvalue weighted by atomic mass is 16.5. The SMILES string of the molecule is CCCOc1ccc(C(=O)N2[C@H](C)CCC[C@H]2C)cc1. The fraction of sp³-hybridized carbons (Fsp3) is 0.588. The van der Waals surface area contributed by atoms with E-state index in [0.717, 1.165) is 30.6 Å². The fourth-order valence-electron chi connectivity index (χ4n) is 2.88. The van der Waals surface area contributed by atoms with Gasteiger partial charge in [-0.05, 0) is 63.8 Å². The first-order valence-electron chi connectivity index (χ1n) is 7.69. The van der Waals surface area contributed by atoms with Crippen LogP contribution in [-0.2, 0) is 0 Å². The number of amides is 1. The van der Waals surface area contributed by atoms with Crippen molar-refractivity contribution in [2.24, 2.45) is 0 Å². The molecule has 20 heavy (non-hydrogen) atoms. The predicted molar refractivity (Wildman–Crippen MR) is 81.2 cm³/mol. The third kappa shape index (κ3) is 3.33. The van der Waals surface area contributed by atoms with Crippen molar-refractivity contribution in [1.29, 1.82) is 0 Å². The molecular weight excluding hydrogens is 250 g/mol. The molecule has 0 aromatic heterocycles. The second-order valence-electron chi connectivity index (χ2n) is 5.71. The molecule has 110 valence electrons. The molecule has 0 spiro atoms. The molecule has 1 aliphatic rings. The monoisotopic (exact) mass is 275 g/mol. The minimum absolute atomic E-state index is 0.145. The van der Waals surface area contributed by atoms with E-state index in [1.807, 2.05) is 29.2 Å². The van der Waals surface area contributed by atoms with Crippen LogP contribution in [0.2, 0.25) is 0 Å². The van der Waals surface area contributed by atoms with E-state index in [1.165, 1.54) is 6.42 Å². The van der Waals surface area contributed by atoms with E-state index in [1.54, 1.807) is 0 Å². The molecule has 0 saturated carbocycles. The highest BCUT2D eigenvalue weighted by molar-refractivity contribution is 5.94. The molecule has 0 aliphatic carbocycles. The van der Waals surface area contributed by atoms with Gasteiger partial charge in [-0.25, -0.2) is 0 Å². The number of carbonyl (C=O) groups excluding carboxylic acids is 1. The Balaban J connectivity index is 2.08. The number of hydrogen-bond acceptors (Lipinski definition) is 2. The number of piperidine rings is 1. The van der Waals surface area contributed by atoms with Crippen LogP contribution in [0.15, 0.2) is 24.3 Å². The van der Waals surface area contributed by atoms with Crippen LogP contribution in [-0.4, -0.2) is 29.5 Å². The normalized spacial score (nSPS) is 22.6. The third-order valence-electron chi connectivity index (χ3n) is 4.00. The molecule has 0 bridgehead atoms. The Morgan fingerprint density at radius 2 is 1.80 bits per heavy atom. The van der Waals surface area contributed by atoms with Crippen molar-refractivity contribution < 1.29 is 9.53 Å². The molecular formula is C17H25NO2. The van der Waals surface area contributed by atoms with Crippen molar-refractivity contribution in [3.05, 3.63) is 29.8 Å². The average Bonchev–Trinajstić information content (AvgIpc) is 2.45. The van der Waals surface area contributed by atoms with Gasteiger partial charge < -0.3 is 9.64 Å². The van der Waals surface area contributed by atoms with Crippen molar-refractivity contribution in [3.8, 4) is 5.75 Å². The Labute approximate surface area is 121 Å². The Bertz CT molecular complexity index is 431. The summed E-state index contributed by atoms with van der Waals surface area (Å²) in [5, 5.41) is 0. The van der Waals surface area contributed by atoms with Crippen LogP contribution in [0.1, 0.15) is 56.8 Å². The molecule has 1 aromatic rings. The second kappa shape index (κ2) is 6.78. The molecule has 2 rings (SSSR count). The van der Waals surface area contributed by atoms with Gasteiger partial charge in [0, 0.05) is 17.6 Å². The quantitative estimate of drug-likeness (QED) is 0.834. The van der Waals surface area contributed by atoms with Crippen molar-refractivity contribution in [2.75, 3.05) is 6.61 Å². The molecule has 0 N–H and O–H groups in total. The molecule has 2 atom stereocenters. The zero-order chi connectivity index (χ0) is 14.5. The largest absolute Gasteiger partial charge is 0.494 e. The van der Waals surface area contributed by atoms with Gasteiger partial charge in [-0.1, -0.05) is 6.92 Å². The number of ether oxygens (including phenoxy) is 1. The van der Waals surface area contributed by atoms with Crippen LogP contribution in [0.25, 0.3) is 0 Å². The molecule has 1 saturated heterocycles. The molecule has 3 heteroatoms. The molecule has 1 aromatic carbocycles. The molecule has 1 aliphatic heterocycles. The Morgan fingerprint density at radius 3 is 2.35 bits per heavy atom. The van der Waals surface area contributed by atoms with Gasteiger partial charge in [0.15, 0.2) is 0 Å². The summed E-state index contributed by atoms with van der Waals surface area (Å²) in [5.41, 5.74) is 0.759. The first-order valence-corrected chi connectivity index (χ1v) is 7.69. The topological polar surface area (TPSA) is 29.5 Å². The van der Waals surface area contributed by atoms with Crippen LogP contribution in [0.4, 0.5) is 0 Å². The van der Waals surface area contributed by atoms with E-state index < -0.39 is 0 Å².